The van der Waals surface area contributed by atoms with Crippen LogP contribution in [0.4, 0.5) is 4.79 Å². The number of hydrogen-bond donors (Lipinski definition) is 2. The molecule has 0 aliphatic heterocycles. The van der Waals surface area contributed by atoms with E-state index in [1.54, 1.807) is 11.8 Å². The summed E-state index contributed by atoms with van der Waals surface area (Å²) < 4.78 is 0. The summed E-state index contributed by atoms with van der Waals surface area (Å²) in [5.41, 5.74) is 0. The van der Waals surface area contributed by atoms with Crippen molar-refractivity contribution in [1.82, 2.24) is 10.6 Å². The van der Waals surface area contributed by atoms with Crippen LogP contribution in [0.15, 0.2) is 0 Å². The van der Waals surface area contributed by atoms with Crippen molar-refractivity contribution < 1.29 is 4.79 Å². The molecular formula is C11H22N2OS2. The van der Waals surface area contributed by atoms with Gasteiger partial charge in [0.05, 0.1) is 0 Å². The summed E-state index contributed by atoms with van der Waals surface area (Å²) in [5.74, 6) is 0.964. The SMILES string of the molecule is CSC[C@H](C)NC(=O)N[C@H]1CC[C@H](SC)C1. The van der Waals surface area contributed by atoms with Gasteiger partial charge in [-0.1, -0.05) is 0 Å². The molecule has 94 valence electrons. The summed E-state index contributed by atoms with van der Waals surface area (Å²) in [6, 6.07) is 0.611. The second-order valence-corrected chi connectivity index (χ2v) is 6.39. The Bertz CT molecular complexity index is 226. The predicted molar refractivity (Wildman–Crippen MR) is 74.5 cm³/mol. The first-order valence-corrected chi connectivity index (χ1v) is 8.42. The van der Waals surface area contributed by atoms with Crippen LogP contribution in [0.3, 0.4) is 0 Å². The van der Waals surface area contributed by atoms with Gasteiger partial charge in [0.1, 0.15) is 0 Å². The molecular weight excluding hydrogens is 240 g/mol. The third-order valence-corrected chi connectivity index (χ3v) is 4.78. The van der Waals surface area contributed by atoms with Crippen LogP contribution in [0.1, 0.15) is 26.2 Å². The van der Waals surface area contributed by atoms with Crippen molar-refractivity contribution in [2.75, 3.05) is 18.3 Å². The lowest BCUT2D eigenvalue weighted by atomic mass is 10.2. The maximum Gasteiger partial charge on any atom is 0.315 e. The molecule has 1 aliphatic rings. The standard InChI is InChI=1S/C11H22N2OS2/c1-8(7-15-2)12-11(14)13-9-4-5-10(6-9)16-3/h8-10H,4-7H2,1-3H3,(H2,12,13,14)/t8-,9-,10-/m0/s1. The molecule has 16 heavy (non-hydrogen) atoms. The number of nitrogens with one attached hydrogen (secondary N) is 2. The Kier molecular flexibility index (Phi) is 6.43. The van der Waals surface area contributed by atoms with Gasteiger partial charge in [0, 0.05) is 23.1 Å². The van der Waals surface area contributed by atoms with Gasteiger partial charge in [0.2, 0.25) is 0 Å². The minimum atomic E-state index is -0.00620. The quantitative estimate of drug-likeness (QED) is 0.799. The Morgan fingerprint density at radius 3 is 2.75 bits per heavy atom. The number of urea groups is 1. The minimum Gasteiger partial charge on any atom is -0.335 e. The number of thioether (sulfide) groups is 2. The Hall–Kier alpha value is -0.0300. The summed E-state index contributed by atoms with van der Waals surface area (Å²) in [6.07, 6.45) is 7.66. The monoisotopic (exact) mass is 262 g/mol. The summed E-state index contributed by atoms with van der Waals surface area (Å²) >= 11 is 3.66. The van der Waals surface area contributed by atoms with E-state index in [0.717, 1.165) is 23.8 Å². The zero-order chi connectivity index (χ0) is 12.0. The van der Waals surface area contributed by atoms with Gasteiger partial charge in [-0.05, 0) is 38.7 Å². The molecule has 1 saturated carbocycles. The largest absolute Gasteiger partial charge is 0.335 e. The zero-order valence-corrected chi connectivity index (χ0v) is 11.9. The van der Waals surface area contributed by atoms with Gasteiger partial charge in [-0.25, -0.2) is 4.79 Å². The lowest BCUT2D eigenvalue weighted by Crippen LogP contribution is -2.45. The predicted octanol–water partition coefficient (Wildman–Crippen LogP) is 2.32. The fraction of sp³-hybridized carbons (Fsp3) is 0.909. The third kappa shape index (κ3) is 4.87. The molecule has 0 unspecified atom stereocenters. The molecule has 2 amide bonds. The molecule has 3 nitrogen and oxygen atoms in total. The van der Waals surface area contributed by atoms with Gasteiger partial charge in [0.15, 0.2) is 0 Å². The highest BCUT2D eigenvalue weighted by atomic mass is 32.2. The maximum absolute atomic E-state index is 11.6. The molecule has 0 heterocycles. The van der Waals surface area contributed by atoms with Crippen LogP contribution in [-0.2, 0) is 0 Å². The van der Waals surface area contributed by atoms with E-state index in [1.807, 2.05) is 18.7 Å². The van der Waals surface area contributed by atoms with Crippen LogP contribution in [0.25, 0.3) is 0 Å². The maximum atomic E-state index is 11.6. The molecule has 1 fully saturated rings. The average Bonchev–Trinajstić information content (AvgIpc) is 2.65. The van der Waals surface area contributed by atoms with Gasteiger partial charge in [-0.15, -0.1) is 0 Å². The molecule has 1 aliphatic carbocycles. The molecule has 0 aromatic heterocycles. The lowest BCUT2D eigenvalue weighted by Gasteiger charge is -2.17. The Balaban J connectivity index is 2.19. The van der Waals surface area contributed by atoms with E-state index >= 15 is 0 Å². The van der Waals surface area contributed by atoms with Crippen molar-refractivity contribution in [2.24, 2.45) is 0 Å². The summed E-state index contributed by atoms with van der Waals surface area (Å²) in [4.78, 5) is 11.6. The van der Waals surface area contributed by atoms with E-state index in [0.29, 0.717) is 6.04 Å². The summed E-state index contributed by atoms with van der Waals surface area (Å²) in [6.45, 7) is 2.04. The van der Waals surface area contributed by atoms with Crippen LogP contribution in [-0.4, -0.2) is 41.6 Å². The van der Waals surface area contributed by atoms with E-state index in [-0.39, 0.29) is 12.1 Å². The molecule has 0 spiro atoms. The number of amides is 2. The highest BCUT2D eigenvalue weighted by Gasteiger charge is 2.25. The van der Waals surface area contributed by atoms with Crippen LogP contribution in [0.2, 0.25) is 0 Å². The molecule has 2 N–H and O–H groups in total. The molecule has 0 bridgehead atoms. The second-order valence-electron chi connectivity index (χ2n) is 4.34. The van der Waals surface area contributed by atoms with E-state index in [9.17, 15) is 4.79 Å². The van der Waals surface area contributed by atoms with Gasteiger partial charge in [0.25, 0.3) is 0 Å². The molecule has 0 saturated heterocycles. The highest BCUT2D eigenvalue weighted by molar-refractivity contribution is 7.99. The van der Waals surface area contributed by atoms with Gasteiger partial charge < -0.3 is 10.6 Å². The van der Waals surface area contributed by atoms with Gasteiger partial charge in [-0.3, -0.25) is 0 Å². The zero-order valence-electron chi connectivity index (χ0n) is 10.3. The number of rotatable bonds is 5. The average molecular weight is 262 g/mol. The second kappa shape index (κ2) is 7.33. The fourth-order valence-electron chi connectivity index (χ4n) is 2.03. The Morgan fingerprint density at radius 2 is 2.19 bits per heavy atom. The Morgan fingerprint density at radius 1 is 1.44 bits per heavy atom. The van der Waals surface area contributed by atoms with Gasteiger partial charge in [-0.2, -0.15) is 23.5 Å². The van der Waals surface area contributed by atoms with E-state index in [1.165, 1.54) is 6.42 Å². The van der Waals surface area contributed by atoms with Crippen molar-refractivity contribution >= 4 is 29.6 Å². The normalized spacial score (nSPS) is 26.4. The van der Waals surface area contributed by atoms with Crippen molar-refractivity contribution in [3.05, 3.63) is 0 Å². The van der Waals surface area contributed by atoms with Crippen molar-refractivity contribution in [2.45, 2.75) is 43.5 Å². The minimum absolute atomic E-state index is 0.00620. The first-order chi connectivity index (χ1) is 7.65. The van der Waals surface area contributed by atoms with E-state index < -0.39 is 0 Å². The number of carbonyl (C=O) groups is 1. The highest BCUT2D eigenvalue weighted by Crippen LogP contribution is 2.27. The molecule has 0 aromatic carbocycles. The Labute approximate surface area is 107 Å². The van der Waals surface area contributed by atoms with Crippen LogP contribution in [0.5, 0.6) is 0 Å². The summed E-state index contributed by atoms with van der Waals surface area (Å²) in [5, 5.41) is 6.75. The van der Waals surface area contributed by atoms with Gasteiger partial charge >= 0.3 is 6.03 Å². The molecule has 3 atom stereocenters. The van der Waals surface area contributed by atoms with E-state index in [2.05, 4.69) is 23.1 Å². The van der Waals surface area contributed by atoms with Crippen molar-refractivity contribution in [1.29, 1.82) is 0 Å². The van der Waals surface area contributed by atoms with Crippen LogP contribution >= 0.6 is 23.5 Å². The molecule has 0 aromatic rings. The van der Waals surface area contributed by atoms with E-state index in [4.69, 9.17) is 0 Å². The number of carbonyl (C=O) groups excluding carboxylic acids is 1. The van der Waals surface area contributed by atoms with Crippen molar-refractivity contribution in [3.63, 3.8) is 0 Å². The first-order valence-electron chi connectivity index (χ1n) is 5.74. The van der Waals surface area contributed by atoms with Crippen LogP contribution < -0.4 is 10.6 Å². The third-order valence-electron chi connectivity index (χ3n) is 2.85. The molecule has 0 radical (unpaired) electrons. The lowest BCUT2D eigenvalue weighted by molar-refractivity contribution is 0.235. The smallest absolute Gasteiger partial charge is 0.315 e. The molecule has 1 rings (SSSR count). The van der Waals surface area contributed by atoms with Crippen molar-refractivity contribution in [3.8, 4) is 0 Å². The topological polar surface area (TPSA) is 41.1 Å². The van der Waals surface area contributed by atoms with Crippen LogP contribution in [0, 0.1) is 0 Å². The fourth-order valence-corrected chi connectivity index (χ4v) is 3.41. The first kappa shape index (κ1) is 14.0. The summed E-state index contributed by atoms with van der Waals surface area (Å²) in [7, 11) is 0. The number of hydrogen-bond acceptors (Lipinski definition) is 3. The molecule has 5 heteroatoms.